The number of rotatable bonds is 7. The van der Waals surface area contributed by atoms with Crippen molar-refractivity contribution in [3.8, 4) is 0 Å². The van der Waals surface area contributed by atoms with E-state index in [1.54, 1.807) is 0 Å². The highest BCUT2D eigenvalue weighted by molar-refractivity contribution is 8.00. The normalized spacial score (nSPS) is 21.7. The molecule has 1 saturated heterocycles. The molecule has 0 aliphatic carbocycles. The fraction of sp³-hybridized carbons (Fsp3) is 0.765. The Morgan fingerprint density at radius 1 is 1.43 bits per heavy atom. The van der Waals surface area contributed by atoms with E-state index in [-0.39, 0.29) is 0 Å². The number of nitrogens with zero attached hydrogens (tertiary/aromatic N) is 3. The van der Waals surface area contributed by atoms with Crippen LogP contribution in [0.1, 0.15) is 44.5 Å². The van der Waals surface area contributed by atoms with Crippen LogP contribution in [0, 0.1) is 13.8 Å². The van der Waals surface area contributed by atoms with Crippen LogP contribution >= 0.6 is 11.8 Å². The van der Waals surface area contributed by atoms with Gasteiger partial charge < -0.3 is 10.6 Å². The Hall–Kier alpha value is -1.17. The van der Waals surface area contributed by atoms with Crippen LogP contribution < -0.4 is 10.6 Å². The number of guanidine groups is 1. The summed E-state index contributed by atoms with van der Waals surface area (Å²) < 4.78 is 2.41. The van der Waals surface area contributed by atoms with E-state index in [9.17, 15) is 0 Å². The molecule has 130 valence electrons. The van der Waals surface area contributed by atoms with E-state index in [1.807, 2.05) is 6.92 Å². The van der Waals surface area contributed by atoms with Crippen LogP contribution in [-0.4, -0.2) is 45.9 Å². The lowest BCUT2D eigenvalue weighted by Crippen LogP contribution is -2.39. The van der Waals surface area contributed by atoms with Gasteiger partial charge in [-0.25, -0.2) is 0 Å². The van der Waals surface area contributed by atoms with Gasteiger partial charge in [-0.3, -0.25) is 9.67 Å². The predicted octanol–water partition coefficient (Wildman–Crippen LogP) is 2.73. The zero-order valence-corrected chi connectivity index (χ0v) is 15.8. The number of aromatic nitrogens is 2. The molecule has 0 spiro atoms. The molecule has 2 heterocycles. The highest BCUT2D eigenvalue weighted by atomic mass is 32.2. The van der Waals surface area contributed by atoms with E-state index in [0.29, 0.717) is 4.75 Å². The van der Waals surface area contributed by atoms with Gasteiger partial charge in [0, 0.05) is 30.1 Å². The molecule has 1 atom stereocenters. The Morgan fingerprint density at radius 3 is 2.87 bits per heavy atom. The van der Waals surface area contributed by atoms with Gasteiger partial charge >= 0.3 is 0 Å². The molecule has 2 rings (SSSR count). The molecule has 1 aliphatic heterocycles. The van der Waals surface area contributed by atoms with Crippen molar-refractivity contribution in [1.82, 2.24) is 20.4 Å². The van der Waals surface area contributed by atoms with Crippen molar-refractivity contribution in [2.75, 3.05) is 25.4 Å². The molecule has 2 N–H and O–H groups in total. The van der Waals surface area contributed by atoms with Gasteiger partial charge in [-0.2, -0.15) is 16.9 Å². The molecule has 1 aromatic rings. The first-order valence-electron chi connectivity index (χ1n) is 8.69. The molecule has 5 nitrogen and oxygen atoms in total. The minimum atomic E-state index is 0.325. The van der Waals surface area contributed by atoms with Crippen molar-refractivity contribution >= 4 is 17.7 Å². The molecule has 0 radical (unpaired) electrons. The third-order valence-corrected chi connectivity index (χ3v) is 5.68. The van der Waals surface area contributed by atoms with Crippen molar-refractivity contribution in [2.45, 2.75) is 58.2 Å². The van der Waals surface area contributed by atoms with Gasteiger partial charge in [-0.05, 0) is 58.8 Å². The zero-order chi connectivity index (χ0) is 16.7. The molecule has 1 aromatic heterocycles. The lowest BCUT2D eigenvalue weighted by atomic mass is 10.1. The molecule has 1 aliphatic rings. The van der Waals surface area contributed by atoms with Crippen molar-refractivity contribution in [3.63, 3.8) is 0 Å². The molecule has 0 saturated carbocycles. The first kappa shape index (κ1) is 18.2. The molecule has 6 heteroatoms. The van der Waals surface area contributed by atoms with E-state index >= 15 is 0 Å². The average molecular weight is 338 g/mol. The van der Waals surface area contributed by atoms with Crippen molar-refractivity contribution in [3.05, 3.63) is 17.5 Å². The maximum absolute atomic E-state index is 4.78. The fourth-order valence-electron chi connectivity index (χ4n) is 2.89. The van der Waals surface area contributed by atoms with Gasteiger partial charge in [0.1, 0.15) is 0 Å². The second-order valence-electron chi connectivity index (χ2n) is 6.53. The number of nitrogens with one attached hydrogen (secondary N) is 2. The maximum atomic E-state index is 4.78. The summed E-state index contributed by atoms with van der Waals surface area (Å²) in [6.07, 6.45) is 3.64. The average Bonchev–Trinajstić information content (AvgIpc) is 3.07. The van der Waals surface area contributed by atoms with Crippen LogP contribution in [0.4, 0.5) is 0 Å². The maximum Gasteiger partial charge on any atom is 0.191 e. The first-order valence-corrected chi connectivity index (χ1v) is 9.68. The minimum Gasteiger partial charge on any atom is -0.357 e. The number of hydrogen-bond donors (Lipinski definition) is 2. The van der Waals surface area contributed by atoms with Gasteiger partial charge in [0.05, 0.1) is 12.2 Å². The van der Waals surface area contributed by atoms with E-state index in [0.717, 1.165) is 44.3 Å². The van der Waals surface area contributed by atoms with Gasteiger partial charge in [0.25, 0.3) is 0 Å². The summed E-state index contributed by atoms with van der Waals surface area (Å²) in [5.74, 6) is 2.22. The molecule has 0 bridgehead atoms. The minimum absolute atomic E-state index is 0.325. The summed E-state index contributed by atoms with van der Waals surface area (Å²) in [7, 11) is 0. The molecule has 23 heavy (non-hydrogen) atoms. The van der Waals surface area contributed by atoms with Crippen LogP contribution in [0.5, 0.6) is 0 Å². The van der Waals surface area contributed by atoms with Crippen LogP contribution in [0.25, 0.3) is 0 Å². The van der Waals surface area contributed by atoms with Gasteiger partial charge in [0.15, 0.2) is 5.96 Å². The van der Waals surface area contributed by atoms with Crippen LogP contribution in [0.2, 0.25) is 0 Å². The summed E-state index contributed by atoms with van der Waals surface area (Å²) in [5, 5.41) is 11.3. The summed E-state index contributed by atoms with van der Waals surface area (Å²) in [5.41, 5.74) is 2.32. The monoisotopic (exact) mass is 337 g/mol. The molecule has 1 unspecified atom stereocenters. The number of hydrogen-bond acceptors (Lipinski definition) is 3. The van der Waals surface area contributed by atoms with E-state index in [1.165, 1.54) is 24.3 Å². The van der Waals surface area contributed by atoms with Gasteiger partial charge in [-0.15, -0.1) is 0 Å². The number of aliphatic imine (C=N–C) groups is 1. The van der Waals surface area contributed by atoms with Gasteiger partial charge in [0.2, 0.25) is 0 Å². The van der Waals surface area contributed by atoms with E-state index in [4.69, 9.17) is 4.99 Å². The number of thioether (sulfide) groups is 1. The third-order valence-electron chi connectivity index (χ3n) is 4.16. The van der Waals surface area contributed by atoms with Crippen LogP contribution in [0.15, 0.2) is 11.1 Å². The SMILES string of the molecule is CCNC(=NCC1(C)CCCS1)NCCCn1nc(C)cc1C. The van der Waals surface area contributed by atoms with E-state index in [2.05, 4.69) is 59.0 Å². The summed E-state index contributed by atoms with van der Waals surface area (Å²) in [6.45, 7) is 12.2. The lowest BCUT2D eigenvalue weighted by molar-refractivity contribution is 0.554. The molecular weight excluding hydrogens is 306 g/mol. The third kappa shape index (κ3) is 5.75. The highest BCUT2D eigenvalue weighted by Crippen LogP contribution is 2.37. The molecular formula is C17H31N5S. The second kappa shape index (κ2) is 8.62. The first-order chi connectivity index (χ1) is 11.0. The van der Waals surface area contributed by atoms with Crippen molar-refractivity contribution in [2.24, 2.45) is 4.99 Å². The van der Waals surface area contributed by atoms with Crippen LogP contribution in [0.3, 0.4) is 0 Å². The van der Waals surface area contributed by atoms with Crippen LogP contribution in [-0.2, 0) is 6.54 Å². The lowest BCUT2D eigenvalue weighted by Gasteiger charge is -2.21. The fourth-order valence-corrected chi connectivity index (χ4v) is 4.11. The van der Waals surface area contributed by atoms with Crippen molar-refractivity contribution in [1.29, 1.82) is 0 Å². The summed E-state index contributed by atoms with van der Waals surface area (Å²) >= 11 is 2.06. The Balaban J connectivity index is 1.76. The van der Waals surface area contributed by atoms with Crippen molar-refractivity contribution < 1.29 is 0 Å². The Kier molecular flexibility index (Phi) is 6.81. The largest absolute Gasteiger partial charge is 0.357 e. The highest BCUT2D eigenvalue weighted by Gasteiger charge is 2.29. The Bertz CT molecular complexity index is 517. The topological polar surface area (TPSA) is 54.2 Å². The smallest absolute Gasteiger partial charge is 0.191 e. The zero-order valence-electron chi connectivity index (χ0n) is 15.0. The molecule has 1 fully saturated rings. The summed E-state index contributed by atoms with van der Waals surface area (Å²) in [4.78, 5) is 4.78. The molecule has 0 aromatic carbocycles. The van der Waals surface area contributed by atoms with E-state index < -0.39 is 0 Å². The predicted molar refractivity (Wildman–Crippen MR) is 100 cm³/mol. The Labute approximate surface area is 144 Å². The molecule has 0 amide bonds. The second-order valence-corrected chi connectivity index (χ2v) is 8.21. The number of aryl methyl sites for hydroxylation is 3. The Morgan fingerprint density at radius 2 is 2.26 bits per heavy atom. The summed E-state index contributed by atoms with van der Waals surface area (Å²) in [6, 6.07) is 2.12. The standard InChI is InChI=1S/C17H31N5S/c1-5-18-16(20-13-17(4)8-6-11-23-17)19-9-7-10-22-15(3)12-14(2)21-22/h12H,5-11,13H2,1-4H3,(H2,18,19,20). The quantitative estimate of drug-likeness (QED) is 0.456. The van der Waals surface area contributed by atoms with Gasteiger partial charge in [-0.1, -0.05) is 0 Å².